The standard InChI is InChI=1S/C20H20FN3S2/c1-12-10-26-20(23-12)18(7-14-5-6-25-11-14)22-9-19-13(2)16-8-15(21)3-4-17(16)24-19/h3-6,8,10-11,18,22,24H,7,9H2,1-2H3. The number of thiazole rings is 1. The molecule has 0 aliphatic carbocycles. The van der Waals surface area contributed by atoms with E-state index in [2.05, 4.69) is 37.5 Å². The highest BCUT2D eigenvalue weighted by Crippen LogP contribution is 2.26. The van der Waals surface area contributed by atoms with Gasteiger partial charge in [-0.2, -0.15) is 11.3 Å². The minimum absolute atomic E-state index is 0.158. The molecule has 0 saturated carbocycles. The summed E-state index contributed by atoms with van der Waals surface area (Å²) in [5, 5.41) is 12.1. The van der Waals surface area contributed by atoms with E-state index in [0.29, 0.717) is 6.54 Å². The molecule has 0 aliphatic rings. The Morgan fingerprint density at radius 1 is 1.23 bits per heavy atom. The van der Waals surface area contributed by atoms with Crippen LogP contribution < -0.4 is 5.32 Å². The normalized spacial score (nSPS) is 12.7. The molecule has 4 aromatic rings. The van der Waals surface area contributed by atoms with Crippen molar-refractivity contribution in [3.63, 3.8) is 0 Å². The summed E-state index contributed by atoms with van der Waals surface area (Å²) in [5.41, 5.74) is 5.53. The summed E-state index contributed by atoms with van der Waals surface area (Å²) >= 11 is 3.41. The fraction of sp³-hybridized carbons (Fsp3) is 0.250. The molecule has 0 aliphatic heterocycles. The van der Waals surface area contributed by atoms with Gasteiger partial charge >= 0.3 is 0 Å². The topological polar surface area (TPSA) is 40.7 Å². The number of aromatic nitrogens is 2. The summed E-state index contributed by atoms with van der Waals surface area (Å²) in [5.74, 6) is -0.201. The predicted octanol–water partition coefficient (Wildman–Crippen LogP) is 5.52. The molecule has 0 saturated heterocycles. The summed E-state index contributed by atoms with van der Waals surface area (Å²) in [7, 11) is 0. The van der Waals surface area contributed by atoms with E-state index in [-0.39, 0.29) is 11.9 Å². The second-order valence-electron chi connectivity index (χ2n) is 6.51. The Hall–Kier alpha value is -2.02. The van der Waals surface area contributed by atoms with Gasteiger partial charge in [-0.05, 0) is 66.4 Å². The Morgan fingerprint density at radius 3 is 2.85 bits per heavy atom. The molecule has 4 rings (SSSR count). The molecule has 3 heterocycles. The van der Waals surface area contributed by atoms with Gasteiger partial charge in [0.25, 0.3) is 0 Å². The SMILES string of the molecule is Cc1csc(C(Cc2ccsc2)NCc2[nH]c3ccc(F)cc3c2C)n1. The molecule has 3 nitrogen and oxygen atoms in total. The maximum atomic E-state index is 13.5. The maximum Gasteiger partial charge on any atom is 0.123 e. The number of aromatic amines is 1. The lowest BCUT2D eigenvalue weighted by atomic mass is 10.1. The van der Waals surface area contributed by atoms with Crippen LogP contribution in [0.1, 0.15) is 33.6 Å². The first kappa shape index (κ1) is 17.4. The smallest absolute Gasteiger partial charge is 0.123 e. The Balaban J connectivity index is 1.57. The van der Waals surface area contributed by atoms with Gasteiger partial charge in [-0.3, -0.25) is 0 Å². The first-order valence-electron chi connectivity index (χ1n) is 8.53. The number of H-pyrrole nitrogens is 1. The average molecular weight is 386 g/mol. The molecule has 0 fully saturated rings. The molecule has 0 bridgehead atoms. The molecule has 3 aromatic heterocycles. The van der Waals surface area contributed by atoms with Crippen LogP contribution in [0.4, 0.5) is 4.39 Å². The van der Waals surface area contributed by atoms with E-state index in [9.17, 15) is 4.39 Å². The van der Waals surface area contributed by atoms with Crippen LogP contribution in [0.15, 0.2) is 40.4 Å². The second kappa shape index (κ2) is 7.31. The van der Waals surface area contributed by atoms with Crippen LogP contribution >= 0.6 is 22.7 Å². The highest BCUT2D eigenvalue weighted by atomic mass is 32.1. The van der Waals surface area contributed by atoms with Crippen molar-refractivity contribution in [3.8, 4) is 0 Å². The summed E-state index contributed by atoms with van der Waals surface area (Å²) < 4.78 is 13.5. The number of halogens is 1. The summed E-state index contributed by atoms with van der Waals surface area (Å²) in [6.45, 7) is 4.75. The lowest BCUT2D eigenvalue weighted by molar-refractivity contribution is 0.523. The highest BCUT2D eigenvalue weighted by molar-refractivity contribution is 7.09. The molecule has 6 heteroatoms. The van der Waals surface area contributed by atoms with Crippen molar-refractivity contribution in [3.05, 3.63) is 73.7 Å². The number of benzene rings is 1. The molecule has 1 atom stereocenters. The molecule has 2 N–H and O–H groups in total. The Labute approximate surface area is 159 Å². The van der Waals surface area contributed by atoms with E-state index in [1.165, 1.54) is 11.6 Å². The van der Waals surface area contributed by atoms with Gasteiger partial charge in [0.2, 0.25) is 0 Å². The monoisotopic (exact) mass is 385 g/mol. The van der Waals surface area contributed by atoms with Crippen LogP contribution in [0.25, 0.3) is 10.9 Å². The third kappa shape index (κ3) is 3.58. The minimum atomic E-state index is -0.201. The van der Waals surface area contributed by atoms with E-state index < -0.39 is 0 Å². The van der Waals surface area contributed by atoms with Crippen molar-refractivity contribution in [1.82, 2.24) is 15.3 Å². The van der Waals surface area contributed by atoms with Crippen LogP contribution in [0.5, 0.6) is 0 Å². The summed E-state index contributed by atoms with van der Waals surface area (Å²) in [6, 6.07) is 7.21. The highest BCUT2D eigenvalue weighted by Gasteiger charge is 2.17. The van der Waals surface area contributed by atoms with Gasteiger partial charge in [0.05, 0.1) is 6.04 Å². The van der Waals surface area contributed by atoms with Crippen LogP contribution in [0, 0.1) is 19.7 Å². The molecular weight excluding hydrogens is 365 g/mol. The largest absolute Gasteiger partial charge is 0.357 e. The number of hydrogen-bond acceptors (Lipinski definition) is 4. The fourth-order valence-corrected chi connectivity index (χ4v) is 4.73. The van der Waals surface area contributed by atoms with Gasteiger partial charge in [0, 0.05) is 34.2 Å². The fourth-order valence-electron chi connectivity index (χ4n) is 3.18. The maximum absolute atomic E-state index is 13.5. The van der Waals surface area contributed by atoms with E-state index in [1.54, 1.807) is 34.8 Å². The molecule has 1 aromatic carbocycles. The molecule has 0 spiro atoms. The first-order chi connectivity index (χ1) is 12.6. The van der Waals surface area contributed by atoms with Crippen LogP contribution in [-0.4, -0.2) is 9.97 Å². The lowest BCUT2D eigenvalue weighted by Gasteiger charge is -2.16. The second-order valence-corrected chi connectivity index (χ2v) is 8.18. The number of rotatable bonds is 6. The Bertz CT molecular complexity index is 1020. The van der Waals surface area contributed by atoms with E-state index in [4.69, 9.17) is 0 Å². The zero-order valence-corrected chi connectivity index (χ0v) is 16.3. The number of aryl methyl sites for hydroxylation is 2. The molecule has 1 unspecified atom stereocenters. The summed E-state index contributed by atoms with van der Waals surface area (Å²) in [4.78, 5) is 8.10. The van der Waals surface area contributed by atoms with Crippen LogP contribution in [0.2, 0.25) is 0 Å². The zero-order valence-electron chi connectivity index (χ0n) is 14.7. The third-order valence-corrected chi connectivity index (χ3v) is 6.41. The van der Waals surface area contributed by atoms with Crippen molar-refractivity contribution in [1.29, 1.82) is 0 Å². The number of nitrogens with zero attached hydrogens (tertiary/aromatic N) is 1. The number of thiophene rings is 1. The summed E-state index contributed by atoms with van der Waals surface area (Å²) in [6.07, 6.45) is 0.907. The van der Waals surface area contributed by atoms with Gasteiger partial charge in [0.15, 0.2) is 0 Å². The van der Waals surface area contributed by atoms with Gasteiger partial charge < -0.3 is 10.3 Å². The van der Waals surface area contributed by atoms with E-state index in [1.807, 2.05) is 13.8 Å². The average Bonchev–Trinajstić information content (AvgIpc) is 3.34. The third-order valence-electron chi connectivity index (χ3n) is 4.60. The van der Waals surface area contributed by atoms with Crippen molar-refractivity contribution in [2.24, 2.45) is 0 Å². The van der Waals surface area contributed by atoms with Crippen molar-refractivity contribution < 1.29 is 4.39 Å². The minimum Gasteiger partial charge on any atom is -0.357 e. The van der Waals surface area contributed by atoms with E-state index in [0.717, 1.165) is 39.3 Å². The number of nitrogens with one attached hydrogen (secondary N) is 2. The van der Waals surface area contributed by atoms with Gasteiger partial charge in [-0.15, -0.1) is 11.3 Å². The zero-order chi connectivity index (χ0) is 18.1. The van der Waals surface area contributed by atoms with Crippen molar-refractivity contribution >= 4 is 33.6 Å². The van der Waals surface area contributed by atoms with Crippen molar-refractivity contribution in [2.75, 3.05) is 0 Å². The molecule has 26 heavy (non-hydrogen) atoms. The van der Waals surface area contributed by atoms with Gasteiger partial charge in [0.1, 0.15) is 10.8 Å². The lowest BCUT2D eigenvalue weighted by Crippen LogP contribution is -2.23. The predicted molar refractivity (Wildman–Crippen MR) is 107 cm³/mol. The molecular formula is C20H20FN3S2. The van der Waals surface area contributed by atoms with E-state index >= 15 is 0 Å². The molecule has 0 radical (unpaired) electrons. The van der Waals surface area contributed by atoms with Gasteiger partial charge in [-0.1, -0.05) is 0 Å². The van der Waals surface area contributed by atoms with Crippen molar-refractivity contribution in [2.45, 2.75) is 32.9 Å². The van der Waals surface area contributed by atoms with Crippen LogP contribution in [-0.2, 0) is 13.0 Å². The first-order valence-corrected chi connectivity index (χ1v) is 10.4. The van der Waals surface area contributed by atoms with Crippen LogP contribution in [0.3, 0.4) is 0 Å². The Morgan fingerprint density at radius 2 is 2.12 bits per heavy atom. The molecule has 134 valence electrons. The number of fused-ring (bicyclic) bond motifs is 1. The van der Waals surface area contributed by atoms with Gasteiger partial charge in [-0.25, -0.2) is 9.37 Å². The Kier molecular flexibility index (Phi) is 4.89. The molecule has 0 amide bonds. The quantitative estimate of drug-likeness (QED) is 0.459. The number of hydrogen-bond donors (Lipinski definition) is 2.